The van der Waals surface area contributed by atoms with Gasteiger partial charge < -0.3 is 4.74 Å². The molecule has 2 aliphatic rings. The first-order valence-electron chi connectivity index (χ1n) is 7.95. The van der Waals surface area contributed by atoms with Gasteiger partial charge in [-0.2, -0.15) is 0 Å². The number of rotatable bonds is 3. The molecule has 3 heteroatoms. The van der Waals surface area contributed by atoms with Crippen LogP contribution >= 0.6 is 0 Å². The number of aryl methyl sites for hydroxylation is 1. The third kappa shape index (κ3) is 2.71. The zero-order valence-corrected chi connectivity index (χ0v) is 13.2. The van der Waals surface area contributed by atoms with E-state index in [1.54, 1.807) is 0 Å². The van der Waals surface area contributed by atoms with Gasteiger partial charge in [0.2, 0.25) is 0 Å². The van der Waals surface area contributed by atoms with Crippen molar-refractivity contribution in [2.75, 3.05) is 14.2 Å². The second-order valence-corrected chi connectivity index (χ2v) is 6.70. The molecule has 1 aromatic carbocycles. The van der Waals surface area contributed by atoms with Crippen LogP contribution in [-0.4, -0.2) is 37.1 Å². The normalized spacial score (nSPS) is 32.1. The molecule has 1 aromatic rings. The first-order chi connectivity index (χ1) is 10.1. The Morgan fingerprint density at radius 2 is 2.00 bits per heavy atom. The molecule has 2 heterocycles. The van der Waals surface area contributed by atoms with E-state index < -0.39 is 0 Å². The summed E-state index contributed by atoms with van der Waals surface area (Å²) < 4.78 is 5.11. The standard InChI is InChI=1S/C18H25NO2/c1-12-4-6-13(7-5-12)10-14-11-15-8-9-16(19(15)2)17(14)18(20)21-3/h4-7,14-17H,8-11H2,1-3H3. The third-order valence-electron chi connectivity index (χ3n) is 5.48. The number of esters is 1. The van der Waals surface area contributed by atoms with E-state index >= 15 is 0 Å². The van der Waals surface area contributed by atoms with E-state index in [1.807, 2.05) is 0 Å². The molecular formula is C18H25NO2. The van der Waals surface area contributed by atoms with E-state index in [0.29, 0.717) is 18.0 Å². The van der Waals surface area contributed by atoms with Crippen LogP contribution in [0.25, 0.3) is 0 Å². The van der Waals surface area contributed by atoms with Gasteiger partial charge in [-0.15, -0.1) is 0 Å². The minimum atomic E-state index is -0.0238. The first-order valence-corrected chi connectivity index (χ1v) is 7.95. The van der Waals surface area contributed by atoms with Crippen molar-refractivity contribution in [3.63, 3.8) is 0 Å². The van der Waals surface area contributed by atoms with E-state index in [1.165, 1.54) is 24.7 Å². The maximum absolute atomic E-state index is 12.3. The molecule has 3 rings (SSSR count). The molecule has 0 spiro atoms. The molecule has 21 heavy (non-hydrogen) atoms. The molecule has 2 aliphatic heterocycles. The van der Waals surface area contributed by atoms with E-state index in [2.05, 4.69) is 43.1 Å². The van der Waals surface area contributed by atoms with Gasteiger partial charge in [-0.1, -0.05) is 29.8 Å². The Kier molecular flexibility index (Phi) is 4.03. The minimum absolute atomic E-state index is 0.0238. The number of benzene rings is 1. The van der Waals surface area contributed by atoms with Crippen molar-refractivity contribution in [1.29, 1.82) is 0 Å². The average molecular weight is 287 g/mol. The maximum Gasteiger partial charge on any atom is 0.310 e. The van der Waals surface area contributed by atoms with Crippen molar-refractivity contribution in [3.05, 3.63) is 35.4 Å². The van der Waals surface area contributed by atoms with Crippen molar-refractivity contribution in [2.45, 2.75) is 44.7 Å². The molecule has 4 unspecified atom stereocenters. The number of fused-ring (bicyclic) bond motifs is 2. The molecule has 114 valence electrons. The fraction of sp³-hybridized carbons (Fsp3) is 0.611. The lowest BCUT2D eigenvalue weighted by atomic mass is 9.77. The molecule has 2 saturated heterocycles. The highest BCUT2D eigenvalue weighted by molar-refractivity contribution is 5.74. The van der Waals surface area contributed by atoms with Crippen LogP contribution in [0.1, 0.15) is 30.4 Å². The Hall–Kier alpha value is -1.35. The van der Waals surface area contributed by atoms with Crippen molar-refractivity contribution in [3.8, 4) is 0 Å². The number of carbonyl (C=O) groups is 1. The van der Waals surface area contributed by atoms with E-state index in [9.17, 15) is 4.79 Å². The van der Waals surface area contributed by atoms with Crippen LogP contribution in [0.3, 0.4) is 0 Å². The van der Waals surface area contributed by atoms with Crippen molar-refractivity contribution >= 4 is 5.97 Å². The summed E-state index contributed by atoms with van der Waals surface area (Å²) in [5.41, 5.74) is 2.62. The predicted molar refractivity (Wildman–Crippen MR) is 83.1 cm³/mol. The van der Waals surface area contributed by atoms with Gasteiger partial charge in [0.1, 0.15) is 0 Å². The van der Waals surface area contributed by atoms with Gasteiger partial charge in [0.25, 0.3) is 0 Å². The van der Waals surface area contributed by atoms with Crippen LogP contribution in [-0.2, 0) is 16.0 Å². The summed E-state index contributed by atoms with van der Waals surface area (Å²) in [7, 11) is 3.69. The van der Waals surface area contributed by atoms with Gasteiger partial charge >= 0.3 is 5.97 Å². The van der Waals surface area contributed by atoms with E-state index in [4.69, 9.17) is 4.74 Å². The van der Waals surface area contributed by atoms with Crippen molar-refractivity contribution in [2.24, 2.45) is 11.8 Å². The maximum atomic E-state index is 12.3. The predicted octanol–water partition coefficient (Wildman–Crippen LogP) is 2.81. The number of hydrogen-bond donors (Lipinski definition) is 0. The molecule has 0 aliphatic carbocycles. The Balaban J connectivity index is 1.81. The van der Waals surface area contributed by atoms with Crippen LogP contribution in [0.5, 0.6) is 0 Å². The molecule has 0 amide bonds. The lowest BCUT2D eigenvalue weighted by Crippen LogP contribution is -2.50. The average Bonchev–Trinajstić information content (AvgIpc) is 2.73. The molecule has 0 aromatic heterocycles. The number of piperidine rings is 1. The second kappa shape index (κ2) is 5.80. The van der Waals surface area contributed by atoms with E-state index in [-0.39, 0.29) is 11.9 Å². The number of ether oxygens (including phenoxy) is 1. The largest absolute Gasteiger partial charge is 0.469 e. The van der Waals surface area contributed by atoms with Crippen molar-refractivity contribution < 1.29 is 9.53 Å². The summed E-state index contributed by atoms with van der Waals surface area (Å²) in [5.74, 6) is 0.415. The molecular weight excluding hydrogens is 262 g/mol. The number of hydrogen-bond acceptors (Lipinski definition) is 3. The van der Waals surface area contributed by atoms with Gasteiger partial charge in [-0.3, -0.25) is 9.69 Å². The van der Waals surface area contributed by atoms with Gasteiger partial charge in [0, 0.05) is 12.1 Å². The molecule has 2 bridgehead atoms. The lowest BCUT2D eigenvalue weighted by Gasteiger charge is -2.41. The molecule has 0 radical (unpaired) electrons. The quantitative estimate of drug-likeness (QED) is 0.801. The highest BCUT2D eigenvalue weighted by atomic mass is 16.5. The molecule has 0 saturated carbocycles. The smallest absolute Gasteiger partial charge is 0.310 e. The third-order valence-corrected chi connectivity index (χ3v) is 5.48. The highest BCUT2D eigenvalue weighted by Crippen LogP contribution is 2.43. The highest BCUT2D eigenvalue weighted by Gasteiger charge is 2.48. The molecule has 2 fully saturated rings. The Morgan fingerprint density at radius 1 is 1.29 bits per heavy atom. The summed E-state index contributed by atoms with van der Waals surface area (Å²) in [6.07, 6.45) is 4.45. The summed E-state index contributed by atoms with van der Waals surface area (Å²) in [5, 5.41) is 0. The zero-order chi connectivity index (χ0) is 15.0. The van der Waals surface area contributed by atoms with Gasteiger partial charge in [0.05, 0.1) is 13.0 Å². The number of carbonyl (C=O) groups excluding carboxylic acids is 1. The minimum Gasteiger partial charge on any atom is -0.469 e. The number of nitrogens with zero attached hydrogens (tertiary/aromatic N) is 1. The van der Waals surface area contributed by atoms with Gasteiger partial charge in [-0.05, 0) is 51.1 Å². The van der Waals surface area contributed by atoms with Crippen LogP contribution in [0, 0.1) is 18.8 Å². The topological polar surface area (TPSA) is 29.5 Å². The first kappa shape index (κ1) is 14.6. The van der Waals surface area contributed by atoms with Crippen LogP contribution in [0.4, 0.5) is 0 Å². The van der Waals surface area contributed by atoms with Crippen LogP contribution < -0.4 is 0 Å². The fourth-order valence-electron chi connectivity index (χ4n) is 4.29. The number of methoxy groups -OCH3 is 1. The molecule has 4 atom stereocenters. The molecule has 3 nitrogen and oxygen atoms in total. The summed E-state index contributed by atoms with van der Waals surface area (Å²) in [6.45, 7) is 2.11. The summed E-state index contributed by atoms with van der Waals surface area (Å²) in [4.78, 5) is 14.7. The second-order valence-electron chi connectivity index (χ2n) is 6.70. The lowest BCUT2D eigenvalue weighted by molar-refractivity contribution is -0.152. The van der Waals surface area contributed by atoms with Crippen LogP contribution in [0.2, 0.25) is 0 Å². The van der Waals surface area contributed by atoms with Gasteiger partial charge in [0.15, 0.2) is 0 Å². The van der Waals surface area contributed by atoms with Crippen molar-refractivity contribution in [1.82, 2.24) is 4.90 Å². The fourth-order valence-corrected chi connectivity index (χ4v) is 4.29. The molecule has 0 N–H and O–H groups in total. The monoisotopic (exact) mass is 287 g/mol. The van der Waals surface area contributed by atoms with Gasteiger partial charge in [-0.25, -0.2) is 0 Å². The Bertz CT molecular complexity index is 510. The van der Waals surface area contributed by atoms with E-state index in [0.717, 1.165) is 19.3 Å². The summed E-state index contributed by atoms with van der Waals surface area (Å²) in [6, 6.07) is 9.73. The summed E-state index contributed by atoms with van der Waals surface area (Å²) >= 11 is 0. The Morgan fingerprint density at radius 3 is 2.67 bits per heavy atom. The SMILES string of the molecule is COC(=O)C1C(Cc2ccc(C)cc2)CC2CCC1N2C. The Labute approximate surface area is 127 Å². The van der Waals surface area contributed by atoms with Crippen LogP contribution in [0.15, 0.2) is 24.3 Å². The zero-order valence-electron chi connectivity index (χ0n) is 13.2.